The Bertz CT molecular complexity index is 2430. The number of fused-ring (bicyclic) bond motifs is 2. The molecule has 2 fully saturated rings. The number of para-hydroxylation sites is 2. The number of aromatic nitrogens is 2. The average molecular weight is 881 g/mol. The van der Waals surface area contributed by atoms with Crippen LogP contribution in [0.5, 0.6) is 0 Å². The second-order valence-corrected chi connectivity index (χ2v) is 16.0. The Hall–Kier alpha value is -4.92. The monoisotopic (exact) mass is 880 g/mol. The van der Waals surface area contributed by atoms with Gasteiger partial charge in [0.1, 0.15) is 11.6 Å². The van der Waals surface area contributed by atoms with Crippen molar-refractivity contribution in [3.63, 3.8) is 0 Å². The molecule has 8 rings (SSSR count). The maximum atomic E-state index is 13.6. The van der Waals surface area contributed by atoms with E-state index >= 15 is 0 Å². The van der Waals surface area contributed by atoms with Gasteiger partial charge in [-0.05, 0) is 73.2 Å². The van der Waals surface area contributed by atoms with E-state index in [1.54, 1.807) is 48.6 Å². The molecule has 0 unspecified atom stereocenters. The molecule has 2 aromatic heterocycles. The number of carbonyl (C=O) groups is 2. The molecule has 13 heteroatoms. The molecular formula is C50H46CaF2N2O8. The largest absolute Gasteiger partial charge is 2.00 e. The zero-order chi connectivity index (χ0) is 43.9. The van der Waals surface area contributed by atoms with Gasteiger partial charge in [0.05, 0.1) is 46.8 Å². The van der Waals surface area contributed by atoms with Crippen LogP contribution in [-0.4, -0.2) is 104 Å². The maximum Gasteiger partial charge on any atom is 2.00 e. The van der Waals surface area contributed by atoms with E-state index in [0.717, 1.165) is 92.3 Å². The van der Waals surface area contributed by atoms with Crippen LogP contribution in [0.3, 0.4) is 0 Å². The number of aliphatic carboxylic acids is 2. The summed E-state index contributed by atoms with van der Waals surface area (Å²) in [5.74, 6) is -2.72. The number of rotatable bonds is 16. The Morgan fingerprint density at radius 1 is 0.587 bits per heavy atom. The molecule has 0 saturated heterocycles. The number of hydrogen-bond donors (Lipinski definition) is 4. The fraction of sp³-hybridized carbons (Fsp3) is 0.280. The number of carbonyl (C=O) groups excluding carboxylic acids is 2. The van der Waals surface area contributed by atoms with E-state index < -0.39 is 49.2 Å². The Balaban J connectivity index is 0.000000206. The van der Waals surface area contributed by atoms with Gasteiger partial charge in [0, 0.05) is 82.5 Å². The first-order valence-corrected chi connectivity index (χ1v) is 20.7. The van der Waals surface area contributed by atoms with Crippen LogP contribution in [0.2, 0.25) is 0 Å². The Labute approximate surface area is 393 Å². The van der Waals surface area contributed by atoms with E-state index in [1.807, 2.05) is 48.5 Å². The standard InChI is InChI=1S/2C25H24FNO4.Ca/c2*26-17-9-7-15(8-10-17)24-20-3-1-2-4-22(20)27-25(16-5-6-16)21(24)12-11-18(28)13-19(29)14-23(30)31;/h2*1-4,7-12,16,18-19,28-29H,5-6,13-14H2,(H,30,31);/q;;+2/p-2/b12-11+;12-11-;/t2*18-,19-;/m11./s1. The van der Waals surface area contributed by atoms with Crippen LogP contribution in [0.4, 0.5) is 8.78 Å². The van der Waals surface area contributed by atoms with Crippen molar-refractivity contribution in [2.24, 2.45) is 0 Å². The molecule has 4 N–H and O–H groups in total. The van der Waals surface area contributed by atoms with Crippen LogP contribution in [0.1, 0.15) is 85.7 Å². The Morgan fingerprint density at radius 3 is 1.27 bits per heavy atom. The van der Waals surface area contributed by atoms with Gasteiger partial charge >= 0.3 is 37.7 Å². The number of hydrogen-bond acceptors (Lipinski definition) is 10. The van der Waals surface area contributed by atoms with E-state index in [4.69, 9.17) is 9.97 Å². The Kier molecular flexibility index (Phi) is 16.3. The number of nitrogens with zero attached hydrogens (tertiary/aromatic N) is 2. The molecule has 6 aromatic rings. The number of benzene rings is 4. The van der Waals surface area contributed by atoms with Gasteiger partial charge < -0.3 is 40.2 Å². The van der Waals surface area contributed by atoms with Gasteiger partial charge in [0.2, 0.25) is 0 Å². The normalized spacial score (nSPS) is 15.7. The van der Waals surface area contributed by atoms with Gasteiger partial charge in [-0.2, -0.15) is 0 Å². The topological polar surface area (TPSA) is 187 Å². The molecule has 320 valence electrons. The van der Waals surface area contributed by atoms with Crippen molar-refractivity contribution in [2.75, 3.05) is 0 Å². The number of halogens is 2. The summed E-state index contributed by atoms with van der Waals surface area (Å²) in [6, 6.07) is 28.1. The van der Waals surface area contributed by atoms with Crippen LogP contribution >= 0.6 is 0 Å². The molecule has 4 atom stereocenters. The van der Waals surface area contributed by atoms with Gasteiger partial charge in [0.15, 0.2) is 0 Å². The van der Waals surface area contributed by atoms with E-state index in [2.05, 4.69) is 0 Å². The van der Waals surface area contributed by atoms with Crippen molar-refractivity contribution in [3.05, 3.63) is 143 Å². The Morgan fingerprint density at radius 2 is 0.937 bits per heavy atom. The minimum absolute atomic E-state index is 0. The number of carboxylic acid groups (broad SMARTS) is 2. The van der Waals surface area contributed by atoms with Crippen LogP contribution < -0.4 is 10.2 Å². The fourth-order valence-corrected chi connectivity index (χ4v) is 7.70. The van der Waals surface area contributed by atoms with E-state index in [0.29, 0.717) is 11.8 Å². The van der Waals surface area contributed by atoms with Crippen LogP contribution in [0.15, 0.2) is 109 Å². The van der Waals surface area contributed by atoms with Crippen LogP contribution in [0, 0.1) is 11.6 Å². The van der Waals surface area contributed by atoms with Gasteiger partial charge in [-0.25, -0.2) is 8.78 Å². The zero-order valence-corrected chi connectivity index (χ0v) is 36.7. The third-order valence-electron chi connectivity index (χ3n) is 10.9. The predicted octanol–water partition coefficient (Wildman–Crippen LogP) is 5.99. The van der Waals surface area contributed by atoms with Crippen molar-refractivity contribution < 1.29 is 49.0 Å². The molecule has 0 radical (unpaired) electrons. The van der Waals surface area contributed by atoms with Gasteiger partial charge in [0.25, 0.3) is 0 Å². The second kappa shape index (κ2) is 21.6. The molecule has 0 aliphatic heterocycles. The fourth-order valence-electron chi connectivity index (χ4n) is 7.70. The van der Waals surface area contributed by atoms with E-state index in [1.165, 1.54) is 24.3 Å². The second-order valence-electron chi connectivity index (χ2n) is 16.0. The number of aliphatic hydroxyl groups excluding tert-OH is 4. The smallest absolute Gasteiger partial charge is 0.550 e. The van der Waals surface area contributed by atoms with Crippen molar-refractivity contribution in [2.45, 2.75) is 87.6 Å². The molecule has 0 bridgehead atoms. The summed E-state index contributed by atoms with van der Waals surface area (Å²) < 4.78 is 27.1. The van der Waals surface area contributed by atoms with E-state index in [9.17, 15) is 49.0 Å². The number of aliphatic hydroxyl groups is 4. The summed E-state index contributed by atoms with van der Waals surface area (Å²) in [5.41, 5.74) is 8.76. The maximum absolute atomic E-state index is 13.6. The molecule has 10 nitrogen and oxygen atoms in total. The molecule has 0 amide bonds. The van der Waals surface area contributed by atoms with Gasteiger partial charge in [-0.3, -0.25) is 9.97 Å². The summed E-state index contributed by atoms with van der Waals surface area (Å²) in [4.78, 5) is 31.0. The van der Waals surface area contributed by atoms with Crippen molar-refractivity contribution in [1.82, 2.24) is 9.97 Å². The summed E-state index contributed by atoms with van der Waals surface area (Å²) in [7, 11) is 0. The summed E-state index contributed by atoms with van der Waals surface area (Å²) in [6.07, 6.45) is 5.02. The van der Waals surface area contributed by atoms with E-state index in [-0.39, 0.29) is 62.2 Å². The minimum atomic E-state index is -1.36. The molecule has 2 saturated carbocycles. The number of carboxylic acids is 2. The molecule has 2 heterocycles. The van der Waals surface area contributed by atoms with Crippen molar-refractivity contribution in [1.29, 1.82) is 0 Å². The molecule has 63 heavy (non-hydrogen) atoms. The SMILES string of the molecule is O=C([O-])C[C@H](O)C[C@H](O)/C=C/c1c(C2CC2)nc2ccccc2c1-c1ccc(F)cc1.O=C([O-])C[C@H](O)C[C@H](O)/C=C\c1c(C2CC2)nc2ccccc2c1-c1ccc(F)cc1.[Ca+2]. The molecule has 0 spiro atoms. The first-order valence-electron chi connectivity index (χ1n) is 20.7. The average Bonchev–Trinajstić information content (AvgIpc) is 4.17. The van der Waals surface area contributed by atoms with Gasteiger partial charge in [-0.15, -0.1) is 0 Å². The van der Waals surface area contributed by atoms with Crippen LogP contribution in [-0.2, 0) is 9.59 Å². The first-order chi connectivity index (χ1) is 29.8. The van der Waals surface area contributed by atoms with Gasteiger partial charge in [-0.1, -0.05) is 85.0 Å². The first kappa shape index (κ1) is 47.6. The van der Waals surface area contributed by atoms with Crippen molar-refractivity contribution in [3.8, 4) is 22.3 Å². The predicted molar refractivity (Wildman–Crippen MR) is 235 cm³/mol. The minimum Gasteiger partial charge on any atom is -0.550 e. The third-order valence-corrected chi connectivity index (χ3v) is 10.9. The summed E-state index contributed by atoms with van der Waals surface area (Å²) >= 11 is 0. The summed E-state index contributed by atoms with van der Waals surface area (Å²) in [6.45, 7) is 0. The zero-order valence-electron chi connectivity index (χ0n) is 34.4. The van der Waals surface area contributed by atoms with Crippen LogP contribution in [0.25, 0.3) is 56.2 Å². The third kappa shape index (κ3) is 12.6. The van der Waals surface area contributed by atoms with Crippen molar-refractivity contribution >= 4 is 83.6 Å². The molecule has 2 aliphatic carbocycles. The molecule has 2 aliphatic rings. The quantitative estimate of drug-likeness (QED) is 0.0843. The summed E-state index contributed by atoms with van der Waals surface area (Å²) in [5, 5.41) is 63.3. The molecule has 4 aromatic carbocycles. The molecular weight excluding hydrogens is 835 g/mol. The number of pyridine rings is 2.